The third-order valence-electron chi connectivity index (χ3n) is 7.13. The SMILES string of the molecule is CCOC(=O)C1=C(C)N=c2s/c(=C/c3cc(OC)c(OCc4ccccc4)cc3[N+](=O)[O-])c(=O)n2[C@H]1c1ccccc1OC(C)C. The van der Waals surface area contributed by atoms with Crippen molar-refractivity contribution in [1.29, 1.82) is 0 Å². The number of nitro groups is 1. The molecule has 0 N–H and O–H groups in total. The monoisotopic (exact) mass is 643 g/mol. The van der Waals surface area contributed by atoms with Crippen molar-refractivity contribution in [2.75, 3.05) is 13.7 Å². The van der Waals surface area contributed by atoms with Crippen molar-refractivity contribution < 1.29 is 28.7 Å². The third kappa shape index (κ3) is 6.57. The molecule has 0 saturated heterocycles. The number of benzene rings is 3. The minimum atomic E-state index is -0.911. The van der Waals surface area contributed by atoms with E-state index in [1.165, 1.54) is 29.9 Å². The summed E-state index contributed by atoms with van der Waals surface area (Å²) < 4.78 is 24.5. The van der Waals surface area contributed by atoms with Crippen molar-refractivity contribution in [3.63, 3.8) is 0 Å². The standard InChI is InChI=1S/C34H33N3O8S/c1-6-43-33(39)30-21(4)35-34-36(31(30)24-14-10-11-15-26(24)45-20(2)3)32(38)29(46-34)17-23-16-27(42-5)28(18-25(23)37(40)41)44-19-22-12-8-7-9-13-22/h7-18,20,31H,6,19H2,1-5H3/b29-17+/t31-/m0/s1. The smallest absolute Gasteiger partial charge is 0.338 e. The number of carbonyl (C=O) groups is 1. The van der Waals surface area contributed by atoms with E-state index in [0.717, 1.165) is 16.9 Å². The first-order chi connectivity index (χ1) is 22.1. The number of hydrogen-bond donors (Lipinski definition) is 0. The van der Waals surface area contributed by atoms with Crippen LogP contribution in [0.1, 0.15) is 50.4 Å². The van der Waals surface area contributed by atoms with Gasteiger partial charge in [0.25, 0.3) is 11.2 Å². The molecular weight excluding hydrogens is 610 g/mol. The summed E-state index contributed by atoms with van der Waals surface area (Å²) in [5.74, 6) is 0.348. The predicted molar refractivity (Wildman–Crippen MR) is 173 cm³/mol. The number of hydrogen-bond acceptors (Lipinski definition) is 10. The second kappa shape index (κ2) is 13.8. The molecule has 4 aromatic rings. The first-order valence-corrected chi connectivity index (χ1v) is 15.4. The van der Waals surface area contributed by atoms with Crippen LogP contribution in [0, 0.1) is 10.1 Å². The fraction of sp³-hybridized carbons (Fsp3) is 0.265. The number of aromatic nitrogens is 1. The van der Waals surface area contributed by atoms with Gasteiger partial charge in [0, 0.05) is 5.56 Å². The van der Waals surface area contributed by atoms with Crippen LogP contribution in [0.5, 0.6) is 17.2 Å². The highest BCUT2D eigenvalue weighted by atomic mass is 32.1. The predicted octanol–water partition coefficient (Wildman–Crippen LogP) is 5.08. The molecule has 0 unspecified atom stereocenters. The fourth-order valence-electron chi connectivity index (χ4n) is 5.14. The molecular formula is C34H33N3O8S. The number of esters is 1. The number of carbonyl (C=O) groups excluding carboxylic acids is 1. The molecule has 0 bridgehead atoms. The lowest BCUT2D eigenvalue weighted by atomic mass is 9.95. The van der Waals surface area contributed by atoms with Crippen LogP contribution < -0.4 is 29.1 Å². The number of fused-ring (bicyclic) bond motifs is 1. The Morgan fingerprint density at radius 1 is 1.09 bits per heavy atom. The number of thiazole rings is 1. The molecule has 0 fully saturated rings. The highest BCUT2D eigenvalue weighted by Gasteiger charge is 2.35. The van der Waals surface area contributed by atoms with Crippen molar-refractivity contribution in [3.05, 3.63) is 124 Å². The molecule has 0 radical (unpaired) electrons. The summed E-state index contributed by atoms with van der Waals surface area (Å²) in [5.41, 5.74) is 1.43. The summed E-state index contributed by atoms with van der Waals surface area (Å²) in [6.45, 7) is 7.46. The van der Waals surface area contributed by atoms with Gasteiger partial charge in [0.1, 0.15) is 18.4 Å². The van der Waals surface area contributed by atoms with Gasteiger partial charge in [-0.2, -0.15) is 0 Å². The second-order valence-electron chi connectivity index (χ2n) is 10.6. The summed E-state index contributed by atoms with van der Waals surface area (Å²) >= 11 is 1.06. The van der Waals surface area contributed by atoms with E-state index in [0.29, 0.717) is 21.8 Å². The van der Waals surface area contributed by atoms with Crippen molar-refractivity contribution in [3.8, 4) is 17.2 Å². The lowest BCUT2D eigenvalue weighted by Gasteiger charge is -2.26. The number of allylic oxidation sites excluding steroid dienone is 1. The van der Waals surface area contributed by atoms with E-state index in [2.05, 4.69) is 4.99 Å². The maximum atomic E-state index is 14.2. The van der Waals surface area contributed by atoms with Crippen molar-refractivity contribution in [1.82, 2.24) is 4.57 Å². The van der Waals surface area contributed by atoms with Crippen LogP contribution in [0.2, 0.25) is 0 Å². The van der Waals surface area contributed by atoms with Gasteiger partial charge in [0.2, 0.25) is 0 Å². The minimum absolute atomic E-state index is 0.132. The van der Waals surface area contributed by atoms with Gasteiger partial charge in [0.15, 0.2) is 16.3 Å². The number of para-hydroxylation sites is 1. The van der Waals surface area contributed by atoms with Crippen molar-refractivity contribution in [2.45, 2.75) is 46.4 Å². The maximum absolute atomic E-state index is 14.2. The molecule has 0 aliphatic carbocycles. The summed E-state index contributed by atoms with van der Waals surface area (Å²) in [4.78, 5) is 44.1. The first kappa shape index (κ1) is 32.2. The molecule has 0 amide bonds. The van der Waals surface area contributed by atoms with Crippen LogP contribution in [0.3, 0.4) is 0 Å². The van der Waals surface area contributed by atoms with Crippen molar-refractivity contribution >= 4 is 29.1 Å². The number of methoxy groups -OCH3 is 1. The number of nitrogens with zero attached hydrogens (tertiary/aromatic N) is 3. The van der Waals surface area contributed by atoms with Crippen molar-refractivity contribution in [2.24, 2.45) is 4.99 Å². The molecule has 0 spiro atoms. The van der Waals surface area contributed by atoms with Gasteiger partial charge >= 0.3 is 5.97 Å². The zero-order valence-electron chi connectivity index (χ0n) is 26.0. The van der Waals surface area contributed by atoms with E-state index in [4.69, 9.17) is 18.9 Å². The Labute approximate surface area is 268 Å². The number of nitro benzene ring substituents is 1. The highest BCUT2D eigenvalue weighted by molar-refractivity contribution is 7.07. The Morgan fingerprint density at radius 2 is 1.80 bits per heavy atom. The Bertz CT molecular complexity index is 2000. The van der Waals surface area contributed by atoms with Gasteiger partial charge in [0.05, 0.1) is 52.2 Å². The molecule has 12 heteroatoms. The largest absolute Gasteiger partial charge is 0.493 e. The van der Waals surface area contributed by atoms with Gasteiger partial charge in [-0.1, -0.05) is 59.9 Å². The van der Waals surface area contributed by atoms with Gasteiger partial charge < -0.3 is 18.9 Å². The molecule has 5 rings (SSSR count). The molecule has 1 aromatic heterocycles. The average molecular weight is 644 g/mol. The topological polar surface area (TPSA) is 131 Å². The van der Waals surface area contributed by atoms with Crippen LogP contribution in [-0.4, -0.2) is 35.3 Å². The molecule has 11 nitrogen and oxygen atoms in total. The minimum Gasteiger partial charge on any atom is -0.493 e. The zero-order valence-corrected chi connectivity index (χ0v) is 26.8. The van der Waals surface area contributed by atoms with E-state index in [-0.39, 0.29) is 52.2 Å². The Balaban J connectivity index is 1.67. The van der Waals surface area contributed by atoms with Crippen LogP contribution in [0.15, 0.2) is 87.8 Å². The molecule has 238 valence electrons. The maximum Gasteiger partial charge on any atom is 0.338 e. The van der Waals surface area contributed by atoms with Gasteiger partial charge in [-0.15, -0.1) is 0 Å². The Hall–Kier alpha value is -5.23. The molecule has 3 aromatic carbocycles. The Kier molecular flexibility index (Phi) is 9.67. The fourth-order valence-corrected chi connectivity index (χ4v) is 6.18. The Morgan fingerprint density at radius 3 is 2.48 bits per heavy atom. The second-order valence-corrected chi connectivity index (χ2v) is 11.6. The third-order valence-corrected chi connectivity index (χ3v) is 8.11. The average Bonchev–Trinajstić information content (AvgIpc) is 3.33. The quantitative estimate of drug-likeness (QED) is 0.126. The van der Waals surface area contributed by atoms with E-state index < -0.39 is 22.5 Å². The van der Waals surface area contributed by atoms with E-state index >= 15 is 0 Å². The van der Waals surface area contributed by atoms with Gasteiger partial charge in [-0.25, -0.2) is 9.79 Å². The van der Waals surface area contributed by atoms with E-state index in [9.17, 15) is 19.7 Å². The van der Waals surface area contributed by atoms with Crippen LogP contribution >= 0.6 is 11.3 Å². The van der Waals surface area contributed by atoms with Crippen LogP contribution in [0.25, 0.3) is 6.08 Å². The lowest BCUT2D eigenvalue weighted by molar-refractivity contribution is -0.385. The molecule has 2 heterocycles. The molecule has 1 aliphatic heterocycles. The molecule has 1 atom stereocenters. The normalized spacial score (nSPS) is 14.5. The summed E-state index contributed by atoms with van der Waals surface area (Å²) in [5, 5.41) is 12.2. The summed E-state index contributed by atoms with van der Waals surface area (Å²) in [7, 11) is 1.44. The number of rotatable bonds is 11. The highest BCUT2D eigenvalue weighted by Crippen LogP contribution is 2.37. The van der Waals surface area contributed by atoms with E-state index in [1.54, 1.807) is 32.0 Å². The lowest BCUT2D eigenvalue weighted by Crippen LogP contribution is -2.40. The zero-order chi connectivity index (χ0) is 33.0. The van der Waals surface area contributed by atoms with Gasteiger partial charge in [-0.3, -0.25) is 19.5 Å². The molecule has 46 heavy (non-hydrogen) atoms. The van der Waals surface area contributed by atoms with Crippen LogP contribution in [-0.2, 0) is 16.1 Å². The molecule has 0 saturated carbocycles. The summed E-state index contributed by atoms with van der Waals surface area (Å²) in [6, 6.07) is 18.4. The number of ether oxygens (including phenoxy) is 4. The van der Waals surface area contributed by atoms with E-state index in [1.807, 2.05) is 50.2 Å². The van der Waals surface area contributed by atoms with Gasteiger partial charge in [-0.05, 0) is 51.5 Å². The van der Waals surface area contributed by atoms with Crippen LogP contribution in [0.4, 0.5) is 5.69 Å². The summed E-state index contributed by atoms with van der Waals surface area (Å²) in [6.07, 6.45) is 1.26. The molecule has 1 aliphatic rings. The first-order valence-electron chi connectivity index (χ1n) is 14.6.